The van der Waals surface area contributed by atoms with Crippen molar-refractivity contribution in [1.29, 1.82) is 0 Å². The molecule has 0 radical (unpaired) electrons. The van der Waals surface area contributed by atoms with Gasteiger partial charge in [-0.15, -0.1) is 0 Å². The topological polar surface area (TPSA) is 32.9 Å². The first kappa shape index (κ1) is 12.6. The highest BCUT2D eigenvalue weighted by atomic mass is 19.1. The van der Waals surface area contributed by atoms with Crippen LogP contribution in [0.15, 0.2) is 36.4 Å². The maximum atomic E-state index is 13.4. The van der Waals surface area contributed by atoms with Gasteiger partial charge in [-0.25, -0.2) is 4.39 Å². The summed E-state index contributed by atoms with van der Waals surface area (Å²) < 4.78 is 13.4. The number of hydrogen-bond acceptors (Lipinski definition) is 1. The van der Waals surface area contributed by atoms with E-state index in [1.165, 1.54) is 6.07 Å². The number of benzene rings is 2. The Labute approximate surface area is 116 Å². The van der Waals surface area contributed by atoms with Gasteiger partial charge in [-0.3, -0.25) is 4.79 Å². The van der Waals surface area contributed by atoms with Gasteiger partial charge in [0.25, 0.3) is 0 Å². The van der Waals surface area contributed by atoms with Crippen molar-refractivity contribution in [1.82, 2.24) is 4.98 Å². The summed E-state index contributed by atoms with van der Waals surface area (Å²) in [5.41, 5.74) is 4.75. The second-order valence-electron chi connectivity index (χ2n) is 5.04. The van der Waals surface area contributed by atoms with Gasteiger partial charge in [-0.2, -0.15) is 0 Å². The average Bonchev–Trinajstić information content (AvgIpc) is 2.79. The summed E-state index contributed by atoms with van der Waals surface area (Å²) >= 11 is 0. The molecule has 3 rings (SSSR count). The first-order valence-electron chi connectivity index (χ1n) is 6.44. The lowest BCUT2D eigenvalue weighted by Gasteiger charge is -2.02. The summed E-state index contributed by atoms with van der Waals surface area (Å²) in [5.74, 6) is -0.242. The van der Waals surface area contributed by atoms with Gasteiger partial charge < -0.3 is 4.98 Å². The van der Waals surface area contributed by atoms with Crippen LogP contribution in [-0.2, 0) is 0 Å². The third kappa shape index (κ3) is 1.92. The van der Waals surface area contributed by atoms with Crippen LogP contribution in [0.25, 0.3) is 22.2 Å². The number of carbonyl (C=O) groups excluding carboxylic acids is 1. The number of halogens is 1. The maximum absolute atomic E-state index is 13.4. The van der Waals surface area contributed by atoms with Crippen LogP contribution < -0.4 is 0 Å². The number of nitrogens with one attached hydrogen (secondary N) is 1. The van der Waals surface area contributed by atoms with Crippen LogP contribution in [0.1, 0.15) is 21.5 Å². The predicted octanol–water partition coefficient (Wildman–Crippen LogP) is 4.40. The number of rotatable bonds is 2. The van der Waals surface area contributed by atoms with Gasteiger partial charge >= 0.3 is 0 Å². The van der Waals surface area contributed by atoms with E-state index in [0.29, 0.717) is 11.1 Å². The summed E-state index contributed by atoms with van der Waals surface area (Å²) in [4.78, 5) is 14.7. The smallest absolute Gasteiger partial charge is 0.152 e. The Morgan fingerprint density at radius 3 is 2.60 bits per heavy atom. The van der Waals surface area contributed by atoms with Crippen LogP contribution in [0.3, 0.4) is 0 Å². The summed E-state index contributed by atoms with van der Waals surface area (Å²) in [6, 6.07) is 10.8. The van der Waals surface area contributed by atoms with E-state index < -0.39 is 0 Å². The van der Waals surface area contributed by atoms with E-state index in [1.54, 1.807) is 19.1 Å². The lowest BCUT2D eigenvalue weighted by molar-refractivity contribution is 0.112. The van der Waals surface area contributed by atoms with Crippen LogP contribution in [0.5, 0.6) is 0 Å². The zero-order valence-electron chi connectivity index (χ0n) is 11.3. The molecule has 0 atom stereocenters. The normalized spacial score (nSPS) is 10.9. The van der Waals surface area contributed by atoms with Crippen molar-refractivity contribution in [2.24, 2.45) is 0 Å². The molecule has 0 saturated heterocycles. The molecule has 1 heterocycles. The first-order valence-corrected chi connectivity index (χ1v) is 6.44. The largest absolute Gasteiger partial charge is 0.354 e. The zero-order valence-corrected chi connectivity index (χ0v) is 11.3. The van der Waals surface area contributed by atoms with Crippen molar-refractivity contribution in [3.8, 4) is 11.3 Å². The Kier molecular flexibility index (Phi) is 2.90. The van der Waals surface area contributed by atoms with E-state index in [2.05, 4.69) is 4.98 Å². The van der Waals surface area contributed by atoms with Crippen molar-refractivity contribution in [3.63, 3.8) is 0 Å². The SMILES string of the molecule is Cc1ccc2[nH]c(-c3ccc(F)c(C)c3)c(C=O)c2c1. The minimum atomic E-state index is -0.242. The number of fused-ring (bicyclic) bond motifs is 1. The Balaban J connectivity index is 2.30. The quantitative estimate of drug-likeness (QED) is 0.686. The molecule has 0 aliphatic carbocycles. The van der Waals surface area contributed by atoms with Crippen molar-refractivity contribution < 1.29 is 9.18 Å². The van der Waals surface area contributed by atoms with E-state index in [4.69, 9.17) is 0 Å². The second-order valence-corrected chi connectivity index (χ2v) is 5.04. The van der Waals surface area contributed by atoms with Crippen molar-refractivity contribution in [2.45, 2.75) is 13.8 Å². The molecule has 0 aliphatic heterocycles. The van der Waals surface area contributed by atoms with E-state index >= 15 is 0 Å². The highest BCUT2D eigenvalue weighted by Gasteiger charge is 2.13. The molecule has 0 amide bonds. The van der Waals surface area contributed by atoms with Gasteiger partial charge in [0, 0.05) is 16.5 Å². The Morgan fingerprint density at radius 2 is 1.90 bits per heavy atom. The average molecular weight is 267 g/mol. The van der Waals surface area contributed by atoms with Crippen LogP contribution in [0.4, 0.5) is 4.39 Å². The van der Waals surface area contributed by atoms with Gasteiger partial charge in [-0.1, -0.05) is 11.6 Å². The van der Waals surface area contributed by atoms with Crippen molar-refractivity contribution in [2.75, 3.05) is 0 Å². The Bertz CT molecular complexity index is 817. The number of carbonyl (C=O) groups is 1. The molecule has 20 heavy (non-hydrogen) atoms. The third-order valence-electron chi connectivity index (χ3n) is 3.56. The molecule has 0 saturated carbocycles. The molecule has 2 nitrogen and oxygen atoms in total. The fourth-order valence-corrected chi connectivity index (χ4v) is 2.48. The van der Waals surface area contributed by atoms with Crippen LogP contribution >= 0.6 is 0 Å². The number of H-pyrrole nitrogens is 1. The molecular formula is C17H14FNO. The number of aromatic nitrogens is 1. The molecule has 1 N–H and O–H groups in total. The van der Waals surface area contributed by atoms with E-state index in [0.717, 1.165) is 34.0 Å². The standard InChI is InChI=1S/C17H14FNO/c1-10-3-6-16-13(7-10)14(9-20)17(19-16)12-4-5-15(18)11(2)8-12/h3-9,19H,1-2H3. The van der Waals surface area contributed by atoms with Crippen molar-refractivity contribution >= 4 is 17.2 Å². The molecule has 0 fully saturated rings. The van der Waals surface area contributed by atoms with Crippen molar-refractivity contribution in [3.05, 3.63) is 58.9 Å². The molecule has 0 bridgehead atoms. The van der Waals surface area contributed by atoms with Crippen LogP contribution in [0.2, 0.25) is 0 Å². The summed E-state index contributed by atoms with van der Waals surface area (Å²) in [5, 5.41) is 0.900. The van der Waals surface area contributed by atoms with Gasteiger partial charge in [-0.05, 0) is 55.3 Å². The fraction of sp³-hybridized carbons (Fsp3) is 0.118. The molecule has 3 aromatic rings. The minimum absolute atomic E-state index is 0.242. The Morgan fingerprint density at radius 1 is 1.10 bits per heavy atom. The van der Waals surface area contributed by atoms with E-state index in [9.17, 15) is 9.18 Å². The van der Waals surface area contributed by atoms with Crippen LogP contribution in [0, 0.1) is 19.7 Å². The summed E-state index contributed by atoms with van der Waals surface area (Å²) in [6.07, 6.45) is 0.853. The molecule has 0 aliphatic rings. The van der Waals surface area contributed by atoms with E-state index in [1.807, 2.05) is 25.1 Å². The predicted molar refractivity (Wildman–Crippen MR) is 78.6 cm³/mol. The number of aldehydes is 1. The van der Waals surface area contributed by atoms with Gasteiger partial charge in [0.05, 0.1) is 5.69 Å². The molecule has 0 unspecified atom stereocenters. The molecular weight excluding hydrogens is 253 g/mol. The lowest BCUT2D eigenvalue weighted by Crippen LogP contribution is -1.88. The number of aromatic amines is 1. The highest BCUT2D eigenvalue weighted by Crippen LogP contribution is 2.30. The van der Waals surface area contributed by atoms with E-state index in [-0.39, 0.29) is 5.82 Å². The highest BCUT2D eigenvalue weighted by molar-refractivity contribution is 6.04. The first-order chi connectivity index (χ1) is 9.60. The molecule has 0 spiro atoms. The second kappa shape index (κ2) is 4.60. The molecule has 1 aromatic heterocycles. The summed E-state index contributed by atoms with van der Waals surface area (Å²) in [6.45, 7) is 3.70. The van der Waals surface area contributed by atoms with Gasteiger partial charge in [0.15, 0.2) is 6.29 Å². The minimum Gasteiger partial charge on any atom is -0.354 e. The summed E-state index contributed by atoms with van der Waals surface area (Å²) in [7, 11) is 0. The molecule has 100 valence electrons. The molecule has 3 heteroatoms. The van der Waals surface area contributed by atoms with Gasteiger partial charge in [0.1, 0.15) is 5.82 Å². The Hall–Kier alpha value is -2.42. The maximum Gasteiger partial charge on any atom is 0.152 e. The zero-order chi connectivity index (χ0) is 14.3. The van der Waals surface area contributed by atoms with Gasteiger partial charge in [0.2, 0.25) is 0 Å². The van der Waals surface area contributed by atoms with Crippen LogP contribution in [-0.4, -0.2) is 11.3 Å². The lowest BCUT2D eigenvalue weighted by atomic mass is 10.0. The third-order valence-corrected chi connectivity index (χ3v) is 3.56. The molecule has 2 aromatic carbocycles. The monoisotopic (exact) mass is 267 g/mol. The number of hydrogen-bond donors (Lipinski definition) is 1. The fourth-order valence-electron chi connectivity index (χ4n) is 2.48. The number of aryl methyl sites for hydroxylation is 2.